The van der Waals surface area contributed by atoms with Gasteiger partial charge < -0.3 is 5.32 Å². The zero-order valence-corrected chi connectivity index (χ0v) is 14.4. The summed E-state index contributed by atoms with van der Waals surface area (Å²) in [4.78, 5) is 0. The van der Waals surface area contributed by atoms with Gasteiger partial charge in [-0.3, -0.25) is 4.72 Å². The van der Waals surface area contributed by atoms with Gasteiger partial charge in [0, 0.05) is 16.7 Å². The third kappa shape index (κ3) is 5.22. The van der Waals surface area contributed by atoms with Crippen LogP contribution in [0.2, 0.25) is 5.02 Å². The zero-order valence-electron chi connectivity index (χ0n) is 11.2. The van der Waals surface area contributed by atoms with Crippen LogP contribution in [0, 0.1) is 0 Å². The largest absolute Gasteiger partial charge is 0.381 e. The quantitative estimate of drug-likeness (QED) is 0.810. The summed E-state index contributed by atoms with van der Waals surface area (Å²) in [7, 11) is -3.33. The average molecular weight is 390 g/mol. The minimum Gasteiger partial charge on any atom is -0.381 e. The standard InChI is InChI=1S/C14H14BrClN2O2S/c1-21(19,20)18-14-6-5-12(8-13(14)16)17-9-10-3-2-4-11(15)7-10/h2-8,17-18H,9H2,1H3. The Kier molecular flexibility index (Phi) is 5.13. The van der Waals surface area contributed by atoms with Gasteiger partial charge in [-0.1, -0.05) is 39.7 Å². The van der Waals surface area contributed by atoms with Gasteiger partial charge in [-0.05, 0) is 35.9 Å². The van der Waals surface area contributed by atoms with Crippen molar-refractivity contribution in [1.29, 1.82) is 0 Å². The molecule has 0 spiro atoms. The van der Waals surface area contributed by atoms with Crippen LogP contribution in [0.25, 0.3) is 0 Å². The van der Waals surface area contributed by atoms with Crippen molar-refractivity contribution in [2.45, 2.75) is 6.54 Å². The molecule has 112 valence electrons. The minimum atomic E-state index is -3.33. The van der Waals surface area contributed by atoms with Gasteiger partial charge in [0.25, 0.3) is 0 Å². The lowest BCUT2D eigenvalue weighted by atomic mass is 10.2. The third-order valence-electron chi connectivity index (χ3n) is 2.65. The van der Waals surface area contributed by atoms with Gasteiger partial charge in [-0.2, -0.15) is 0 Å². The van der Waals surface area contributed by atoms with Gasteiger partial charge in [0.15, 0.2) is 0 Å². The number of nitrogens with one attached hydrogen (secondary N) is 2. The zero-order chi connectivity index (χ0) is 15.5. The number of hydrogen-bond donors (Lipinski definition) is 2. The maximum Gasteiger partial charge on any atom is 0.229 e. The molecular formula is C14H14BrClN2O2S. The molecule has 2 rings (SSSR count). The van der Waals surface area contributed by atoms with Gasteiger partial charge >= 0.3 is 0 Å². The number of rotatable bonds is 5. The van der Waals surface area contributed by atoms with Crippen molar-refractivity contribution in [3.8, 4) is 0 Å². The minimum absolute atomic E-state index is 0.347. The number of halogens is 2. The highest BCUT2D eigenvalue weighted by molar-refractivity contribution is 9.10. The average Bonchev–Trinajstić information content (AvgIpc) is 2.38. The highest BCUT2D eigenvalue weighted by Crippen LogP contribution is 2.26. The molecule has 0 aliphatic carbocycles. The van der Waals surface area contributed by atoms with Gasteiger partial charge in [0.1, 0.15) is 0 Å². The molecule has 2 N–H and O–H groups in total. The molecule has 0 fully saturated rings. The van der Waals surface area contributed by atoms with Crippen LogP contribution in [0.15, 0.2) is 46.9 Å². The monoisotopic (exact) mass is 388 g/mol. The number of hydrogen-bond acceptors (Lipinski definition) is 3. The third-order valence-corrected chi connectivity index (χ3v) is 4.05. The molecule has 21 heavy (non-hydrogen) atoms. The molecule has 7 heteroatoms. The molecule has 0 saturated carbocycles. The van der Waals surface area contributed by atoms with Gasteiger partial charge in [-0.25, -0.2) is 8.42 Å². The van der Waals surface area contributed by atoms with Crippen molar-refractivity contribution < 1.29 is 8.42 Å². The molecule has 0 bridgehead atoms. The van der Waals surface area contributed by atoms with Crippen molar-refractivity contribution in [3.05, 3.63) is 57.5 Å². The molecule has 4 nitrogen and oxygen atoms in total. The second kappa shape index (κ2) is 6.68. The summed E-state index contributed by atoms with van der Waals surface area (Å²) >= 11 is 9.49. The topological polar surface area (TPSA) is 58.2 Å². The molecule has 0 unspecified atom stereocenters. The molecule has 0 aromatic heterocycles. The van der Waals surface area contributed by atoms with Crippen LogP contribution in [0.4, 0.5) is 11.4 Å². The first-order valence-electron chi connectivity index (χ1n) is 6.09. The molecule has 2 aromatic rings. The number of sulfonamides is 1. The Morgan fingerprint density at radius 3 is 2.57 bits per heavy atom. The van der Waals surface area contributed by atoms with Crippen LogP contribution < -0.4 is 10.0 Å². The molecular weight excluding hydrogens is 376 g/mol. The molecule has 0 saturated heterocycles. The lowest BCUT2D eigenvalue weighted by Crippen LogP contribution is -2.10. The molecule has 2 aromatic carbocycles. The molecule has 0 radical (unpaired) electrons. The van der Waals surface area contributed by atoms with E-state index in [1.807, 2.05) is 24.3 Å². The predicted octanol–water partition coefficient (Wildman–Crippen LogP) is 4.09. The fraction of sp³-hybridized carbons (Fsp3) is 0.143. The van der Waals surface area contributed by atoms with Crippen molar-refractivity contribution in [1.82, 2.24) is 0 Å². The normalized spacial score (nSPS) is 11.2. The van der Waals surface area contributed by atoms with Crippen LogP contribution >= 0.6 is 27.5 Å². The van der Waals surface area contributed by atoms with E-state index in [9.17, 15) is 8.42 Å². The van der Waals surface area contributed by atoms with Gasteiger partial charge in [-0.15, -0.1) is 0 Å². The Hall–Kier alpha value is -1.24. The van der Waals surface area contributed by atoms with Crippen LogP contribution in [-0.4, -0.2) is 14.7 Å². The van der Waals surface area contributed by atoms with E-state index in [0.717, 1.165) is 22.0 Å². The van der Waals surface area contributed by atoms with Crippen LogP contribution in [-0.2, 0) is 16.6 Å². The first kappa shape index (κ1) is 16.1. The molecule has 0 amide bonds. The molecule has 0 heterocycles. The second-order valence-electron chi connectivity index (χ2n) is 4.55. The highest BCUT2D eigenvalue weighted by Gasteiger charge is 2.07. The van der Waals surface area contributed by atoms with Crippen molar-refractivity contribution in [2.75, 3.05) is 16.3 Å². The Balaban J connectivity index is 2.07. The van der Waals surface area contributed by atoms with Gasteiger partial charge in [0.05, 0.1) is 17.0 Å². The van der Waals surface area contributed by atoms with E-state index >= 15 is 0 Å². The SMILES string of the molecule is CS(=O)(=O)Nc1ccc(NCc2cccc(Br)c2)cc1Cl. The summed E-state index contributed by atoms with van der Waals surface area (Å²) in [5.74, 6) is 0. The summed E-state index contributed by atoms with van der Waals surface area (Å²) in [6.45, 7) is 0.647. The van der Waals surface area contributed by atoms with Crippen molar-refractivity contribution >= 4 is 48.9 Å². The molecule has 0 aliphatic heterocycles. The van der Waals surface area contributed by atoms with Crippen LogP contribution in [0.5, 0.6) is 0 Å². The lowest BCUT2D eigenvalue weighted by molar-refractivity contribution is 0.607. The maximum absolute atomic E-state index is 11.2. The summed E-state index contributed by atoms with van der Waals surface area (Å²) in [6.07, 6.45) is 1.09. The summed E-state index contributed by atoms with van der Waals surface area (Å²) in [6, 6.07) is 13.1. The number of anilines is 2. The Morgan fingerprint density at radius 1 is 1.19 bits per heavy atom. The van der Waals surface area contributed by atoms with Crippen LogP contribution in [0.3, 0.4) is 0 Å². The van der Waals surface area contributed by atoms with E-state index in [0.29, 0.717) is 17.3 Å². The van der Waals surface area contributed by atoms with E-state index in [4.69, 9.17) is 11.6 Å². The van der Waals surface area contributed by atoms with E-state index < -0.39 is 10.0 Å². The maximum atomic E-state index is 11.2. The Labute approximate surface area is 137 Å². The van der Waals surface area contributed by atoms with Crippen LogP contribution in [0.1, 0.15) is 5.56 Å². The fourth-order valence-corrected chi connectivity index (χ4v) is 3.07. The van der Waals surface area contributed by atoms with E-state index in [-0.39, 0.29) is 0 Å². The second-order valence-corrected chi connectivity index (χ2v) is 7.62. The summed E-state index contributed by atoms with van der Waals surface area (Å²) in [5, 5.41) is 3.58. The predicted molar refractivity (Wildman–Crippen MR) is 91.4 cm³/mol. The Bertz CT molecular complexity index is 750. The van der Waals surface area contributed by atoms with Crippen molar-refractivity contribution in [3.63, 3.8) is 0 Å². The molecule has 0 atom stereocenters. The van der Waals surface area contributed by atoms with E-state index in [1.165, 1.54) is 0 Å². The first-order chi connectivity index (χ1) is 9.83. The number of benzene rings is 2. The van der Waals surface area contributed by atoms with E-state index in [1.54, 1.807) is 18.2 Å². The smallest absolute Gasteiger partial charge is 0.229 e. The fourth-order valence-electron chi connectivity index (χ4n) is 1.76. The van der Waals surface area contributed by atoms with Gasteiger partial charge in [0.2, 0.25) is 10.0 Å². The van der Waals surface area contributed by atoms with E-state index in [2.05, 4.69) is 26.0 Å². The molecule has 0 aliphatic rings. The summed E-state index contributed by atoms with van der Waals surface area (Å²) in [5.41, 5.74) is 2.31. The Morgan fingerprint density at radius 2 is 1.95 bits per heavy atom. The highest BCUT2D eigenvalue weighted by atomic mass is 79.9. The van der Waals surface area contributed by atoms with Crippen molar-refractivity contribution in [2.24, 2.45) is 0 Å². The summed E-state index contributed by atoms with van der Waals surface area (Å²) < 4.78 is 25.8. The lowest BCUT2D eigenvalue weighted by Gasteiger charge is -2.10. The first-order valence-corrected chi connectivity index (χ1v) is 9.15.